The molecule has 0 aliphatic carbocycles. The molecule has 0 unspecified atom stereocenters. The Bertz CT molecular complexity index is 864. The summed E-state index contributed by atoms with van der Waals surface area (Å²) in [4.78, 5) is 12.9. The van der Waals surface area contributed by atoms with Gasteiger partial charge in [-0.2, -0.15) is 5.10 Å². The van der Waals surface area contributed by atoms with Crippen molar-refractivity contribution in [1.82, 2.24) is 9.78 Å². The number of hydrogen-bond acceptors (Lipinski definition) is 4. The fraction of sp³-hybridized carbons (Fsp3) is 0.263. The van der Waals surface area contributed by atoms with Crippen LogP contribution in [0.3, 0.4) is 0 Å². The van der Waals surface area contributed by atoms with Gasteiger partial charge in [0.25, 0.3) is 0 Å². The summed E-state index contributed by atoms with van der Waals surface area (Å²) in [6, 6.07) is 11.5. The normalized spacial score (nSPS) is 11.0. The zero-order chi connectivity index (χ0) is 17.3. The van der Waals surface area contributed by atoms with Gasteiger partial charge in [-0.15, -0.1) is 11.3 Å². The first-order valence-electron chi connectivity index (χ1n) is 7.89. The first-order valence-corrected chi connectivity index (χ1v) is 8.77. The monoisotopic (exact) mass is 340 g/mol. The standard InChI is InChI=1S/C19H20N2O2S/c1-12(2)15-11-18(23-19(22)17-9-6-10-24-17)21(20-15)16-8-5-7-13(3)14(16)4/h5-12H,1-4H3. The largest absolute Gasteiger partial charge is 0.403 e. The first-order chi connectivity index (χ1) is 11.5. The lowest BCUT2D eigenvalue weighted by Gasteiger charge is -2.11. The van der Waals surface area contributed by atoms with Crippen LogP contribution in [0.25, 0.3) is 5.69 Å². The molecule has 2 aromatic heterocycles. The number of hydrogen-bond donors (Lipinski definition) is 0. The molecule has 2 heterocycles. The molecular weight excluding hydrogens is 320 g/mol. The van der Waals surface area contributed by atoms with Crippen LogP contribution < -0.4 is 4.74 Å². The lowest BCUT2D eigenvalue weighted by Crippen LogP contribution is -2.11. The molecule has 3 aromatic rings. The molecule has 124 valence electrons. The van der Waals surface area contributed by atoms with E-state index in [9.17, 15) is 4.79 Å². The molecule has 0 amide bonds. The van der Waals surface area contributed by atoms with E-state index in [1.165, 1.54) is 16.9 Å². The minimum atomic E-state index is -0.355. The van der Waals surface area contributed by atoms with Crippen molar-refractivity contribution in [2.45, 2.75) is 33.6 Å². The highest BCUT2D eigenvalue weighted by Crippen LogP contribution is 2.27. The summed E-state index contributed by atoms with van der Waals surface area (Å²) in [7, 11) is 0. The zero-order valence-electron chi connectivity index (χ0n) is 14.2. The number of aromatic nitrogens is 2. The number of carbonyl (C=O) groups is 1. The third kappa shape index (κ3) is 3.12. The Morgan fingerprint density at radius 3 is 2.67 bits per heavy atom. The van der Waals surface area contributed by atoms with Crippen LogP contribution in [0, 0.1) is 13.8 Å². The number of aryl methyl sites for hydroxylation is 1. The Kier molecular flexibility index (Phi) is 4.53. The Balaban J connectivity index is 2.05. The summed E-state index contributed by atoms with van der Waals surface area (Å²) in [6.45, 7) is 8.25. The summed E-state index contributed by atoms with van der Waals surface area (Å²) < 4.78 is 7.37. The van der Waals surface area contributed by atoms with Crippen LogP contribution in [0.15, 0.2) is 41.8 Å². The molecule has 0 bridgehead atoms. The molecule has 4 nitrogen and oxygen atoms in total. The quantitative estimate of drug-likeness (QED) is 0.635. The van der Waals surface area contributed by atoms with E-state index in [1.807, 2.05) is 36.6 Å². The van der Waals surface area contributed by atoms with Crippen LogP contribution in [-0.2, 0) is 0 Å². The summed E-state index contributed by atoms with van der Waals surface area (Å²) in [5.41, 5.74) is 4.11. The highest BCUT2D eigenvalue weighted by Gasteiger charge is 2.19. The van der Waals surface area contributed by atoms with Crippen LogP contribution >= 0.6 is 11.3 Å². The highest BCUT2D eigenvalue weighted by molar-refractivity contribution is 7.12. The molecule has 0 saturated carbocycles. The molecule has 0 saturated heterocycles. The summed E-state index contributed by atoms with van der Waals surface area (Å²) in [5, 5.41) is 6.52. The Morgan fingerprint density at radius 2 is 2.00 bits per heavy atom. The molecule has 1 aromatic carbocycles. The van der Waals surface area contributed by atoms with Crippen molar-refractivity contribution in [2.24, 2.45) is 0 Å². The fourth-order valence-corrected chi connectivity index (χ4v) is 3.01. The van der Waals surface area contributed by atoms with Crippen molar-refractivity contribution in [2.75, 3.05) is 0 Å². The molecule has 0 atom stereocenters. The van der Waals surface area contributed by atoms with Gasteiger partial charge in [0.15, 0.2) is 0 Å². The van der Waals surface area contributed by atoms with Gasteiger partial charge in [-0.05, 0) is 48.4 Å². The van der Waals surface area contributed by atoms with E-state index in [-0.39, 0.29) is 11.9 Å². The van der Waals surface area contributed by atoms with E-state index in [4.69, 9.17) is 4.74 Å². The van der Waals surface area contributed by atoms with Gasteiger partial charge in [-0.3, -0.25) is 0 Å². The summed E-state index contributed by atoms with van der Waals surface area (Å²) in [5.74, 6) is 0.341. The molecule has 5 heteroatoms. The number of benzene rings is 1. The van der Waals surface area contributed by atoms with Gasteiger partial charge in [0.05, 0.1) is 11.4 Å². The van der Waals surface area contributed by atoms with Crippen molar-refractivity contribution in [3.05, 3.63) is 63.5 Å². The van der Waals surface area contributed by atoms with Crippen molar-refractivity contribution in [3.63, 3.8) is 0 Å². The Labute approximate surface area is 145 Å². The molecule has 0 aliphatic heterocycles. The lowest BCUT2D eigenvalue weighted by atomic mass is 10.1. The third-order valence-electron chi connectivity index (χ3n) is 4.01. The van der Waals surface area contributed by atoms with Crippen molar-refractivity contribution < 1.29 is 9.53 Å². The molecule has 0 aliphatic rings. The first kappa shape index (κ1) is 16.5. The average molecular weight is 340 g/mol. The molecular formula is C19H20N2O2S. The van der Waals surface area contributed by atoms with Gasteiger partial charge >= 0.3 is 5.97 Å². The second-order valence-corrected chi connectivity index (χ2v) is 7.01. The molecule has 0 fully saturated rings. The van der Waals surface area contributed by atoms with Crippen LogP contribution in [0.4, 0.5) is 0 Å². The Hall–Kier alpha value is -2.40. The topological polar surface area (TPSA) is 44.1 Å². The van der Waals surface area contributed by atoms with E-state index < -0.39 is 0 Å². The number of rotatable bonds is 4. The van der Waals surface area contributed by atoms with Gasteiger partial charge < -0.3 is 4.74 Å². The molecule has 3 rings (SSSR count). The SMILES string of the molecule is Cc1cccc(-n2nc(C(C)C)cc2OC(=O)c2cccs2)c1C. The van der Waals surface area contributed by atoms with Crippen LogP contribution in [-0.4, -0.2) is 15.7 Å². The van der Waals surface area contributed by atoms with Crippen molar-refractivity contribution in [1.29, 1.82) is 0 Å². The van der Waals surface area contributed by atoms with Crippen LogP contribution in [0.1, 0.15) is 46.3 Å². The van der Waals surface area contributed by atoms with Gasteiger partial charge in [-0.25, -0.2) is 9.48 Å². The average Bonchev–Trinajstić information content (AvgIpc) is 3.20. The predicted molar refractivity (Wildman–Crippen MR) is 96.4 cm³/mol. The highest BCUT2D eigenvalue weighted by atomic mass is 32.1. The maximum Gasteiger partial charge on any atom is 0.355 e. The third-order valence-corrected chi connectivity index (χ3v) is 4.86. The number of thiophene rings is 1. The van der Waals surface area contributed by atoms with E-state index in [0.717, 1.165) is 16.9 Å². The molecule has 0 spiro atoms. The second kappa shape index (κ2) is 6.61. The minimum absolute atomic E-state index is 0.246. The predicted octanol–water partition coefficient (Wildman–Crippen LogP) is 4.89. The van der Waals surface area contributed by atoms with Crippen molar-refractivity contribution >= 4 is 17.3 Å². The number of esters is 1. The smallest absolute Gasteiger partial charge is 0.355 e. The van der Waals surface area contributed by atoms with E-state index in [1.54, 1.807) is 10.7 Å². The van der Waals surface area contributed by atoms with Gasteiger partial charge in [-0.1, -0.05) is 32.0 Å². The second-order valence-electron chi connectivity index (χ2n) is 6.06. The molecule has 0 N–H and O–H groups in total. The lowest BCUT2D eigenvalue weighted by molar-refractivity contribution is 0.0728. The maximum atomic E-state index is 12.3. The Morgan fingerprint density at radius 1 is 1.21 bits per heavy atom. The molecule has 24 heavy (non-hydrogen) atoms. The summed E-state index contributed by atoms with van der Waals surface area (Å²) in [6.07, 6.45) is 0. The summed E-state index contributed by atoms with van der Waals surface area (Å²) >= 11 is 1.37. The zero-order valence-corrected chi connectivity index (χ0v) is 15.1. The van der Waals surface area contributed by atoms with E-state index in [2.05, 4.69) is 31.9 Å². The van der Waals surface area contributed by atoms with E-state index in [0.29, 0.717) is 10.8 Å². The van der Waals surface area contributed by atoms with Crippen LogP contribution in [0.5, 0.6) is 5.88 Å². The maximum absolute atomic E-state index is 12.3. The minimum Gasteiger partial charge on any atom is -0.403 e. The fourth-order valence-electron chi connectivity index (χ4n) is 2.41. The number of nitrogens with zero attached hydrogens (tertiary/aromatic N) is 2. The van der Waals surface area contributed by atoms with E-state index >= 15 is 0 Å². The van der Waals surface area contributed by atoms with Gasteiger partial charge in [0.1, 0.15) is 4.88 Å². The molecule has 0 radical (unpaired) electrons. The van der Waals surface area contributed by atoms with Crippen LogP contribution in [0.2, 0.25) is 0 Å². The van der Waals surface area contributed by atoms with Crippen molar-refractivity contribution in [3.8, 4) is 11.6 Å². The van der Waals surface area contributed by atoms with Gasteiger partial charge in [0, 0.05) is 6.07 Å². The number of ether oxygens (including phenoxy) is 1. The van der Waals surface area contributed by atoms with Gasteiger partial charge in [0.2, 0.25) is 5.88 Å². The number of carbonyl (C=O) groups excluding carboxylic acids is 1.